The van der Waals surface area contributed by atoms with Crippen molar-refractivity contribution in [1.29, 1.82) is 0 Å². The van der Waals surface area contributed by atoms with E-state index in [-0.39, 0.29) is 5.82 Å². The number of aliphatic imine (C=N–C) groups is 1. The van der Waals surface area contributed by atoms with E-state index in [2.05, 4.69) is 9.89 Å². The van der Waals surface area contributed by atoms with Crippen LogP contribution in [0.2, 0.25) is 5.02 Å². The highest BCUT2D eigenvalue weighted by Crippen LogP contribution is 2.28. The van der Waals surface area contributed by atoms with Gasteiger partial charge in [0.25, 0.3) is 0 Å². The molecule has 3 rings (SSSR count). The van der Waals surface area contributed by atoms with Crippen molar-refractivity contribution in [3.8, 4) is 0 Å². The Hall–Kier alpha value is -1.87. The van der Waals surface area contributed by atoms with Gasteiger partial charge in [-0.15, -0.1) is 0 Å². The van der Waals surface area contributed by atoms with Crippen LogP contribution in [0.4, 0.5) is 15.8 Å². The fourth-order valence-corrected chi connectivity index (χ4v) is 3.07. The monoisotopic (exact) mass is 330 g/mol. The highest BCUT2D eigenvalue weighted by Gasteiger charge is 2.17. The molecule has 120 valence electrons. The third-order valence-electron chi connectivity index (χ3n) is 4.36. The molecule has 0 aliphatic carbocycles. The molecule has 4 heteroatoms. The van der Waals surface area contributed by atoms with Crippen LogP contribution in [0, 0.1) is 19.7 Å². The van der Waals surface area contributed by atoms with Crippen LogP contribution in [0.1, 0.15) is 29.5 Å². The largest absolute Gasteiger partial charge is 0.369 e. The van der Waals surface area contributed by atoms with Crippen molar-refractivity contribution in [2.75, 3.05) is 18.0 Å². The number of hydrogen-bond acceptors (Lipinski definition) is 2. The van der Waals surface area contributed by atoms with E-state index >= 15 is 0 Å². The maximum absolute atomic E-state index is 14.4. The summed E-state index contributed by atoms with van der Waals surface area (Å²) >= 11 is 6.11. The van der Waals surface area contributed by atoms with E-state index in [9.17, 15) is 4.39 Å². The second kappa shape index (κ2) is 6.71. The molecule has 0 bridgehead atoms. The summed E-state index contributed by atoms with van der Waals surface area (Å²) in [6, 6.07) is 9.11. The minimum absolute atomic E-state index is 0.179. The quantitative estimate of drug-likeness (QED) is 0.683. The number of benzene rings is 2. The maximum atomic E-state index is 14.4. The summed E-state index contributed by atoms with van der Waals surface area (Å²) in [7, 11) is 0. The maximum Gasteiger partial charge on any atom is 0.147 e. The minimum Gasteiger partial charge on any atom is -0.369 e. The first-order chi connectivity index (χ1) is 11.1. The molecule has 23 heavy (non-hydrogen) atoms. The number of nitrogens with zero attached hydrogens (tertiary/aromatic N) is 2. The highest BCUT2D eigenvalue weighted by atomic mass is 35.5. The van der Waals surface area contributed by atoms with Crippen LogP contribution in [0.25, 0.3) is 0 Å². The average molecular weight is 331 g/mol. The summed E-state index contributed by atoms with van der Waals surface area (Å²) in [5.41, 5.74) is 4.26. The third-order valence-corrected chi connectivity index (χ3v) is 4.77. The van der Waals surface area contributed by atoms with Crippen LogP contribution in [0.5, 0.6) is 0 Å². The van der Waals surface area contributed by atoms with Crippen molar-refractivity contribution in [2.24, 2.45) is 4.99 Å². The Kier molecular flexibility index (Phi) is 4.67. The molecule has 0 unspecified atom stereocenters. The van der Waals surface area contributed by atoms with Crippen molar-refractivity contribution in [3.05, 3.63) is 57.9 Å². The van der Waals surface area contributed by atoms with Gasteiger partial charge >= 0.3 is 0 Å². The molecule has 0 amide bonds. The first-order valence-electron chi connectivity index (χ1n) is 7.90. The lowest BCUT2D eigenvalue weighted by Gasteiger charge is -2.19. The van der Waals surface area contributed by atoms with E-state index in [1.165, 1.54) is 0 Å². The fraction of sp³-hybridized carbons (Fsp3) is 0.316. The average Bonchev–Trinajstić information content (AvgIpc) is 3.05. The summed E-state index contributed by atoms with van der Waals surface area (Å²) in [4.78, 5) is 6.59. The zero-order valence-electron chi connectivity index (χ0n) is 13.4. The van der Waals surface area contributed by atoms with E-state index in [1.54, 1.807) is 12.3 Å². The van der Waals surface area contributed by atoms with Crippen molar-refractivity contribution in [3.63, 3.8) is 0 Å². The molecular weight excluding hydrogens is 311 g/mol. The van der Waals surface area contributed by atoms with Crippen LogP contribution in [0.15, 0.2) is 35.3 Å². The van der Waals surface area contributed by atoms with Crippen LogP contribution < -0.4 is 4.90 Å². The lowest BCUT2D eigenvalue weighted by atomic mass is 10.1. The highest BCUT2D eigenvalue weighted by molar-refractivity contribution is 6.31. The summed E-state index contributed by atoms with van der Waals surface area (Å²) in [6.07, 6.45) is 3.98. The number of rotatable bonds is 3. The van der Waals surface area contributed by atoms with Gasteiger partial charge < -0.3 is 4.90 Å². The van der Waals surface area contributed by atoms with Gasteiger partial charge in [0.1, 0.15) is 5.82 Å². The van der Waals surface area contributed by atoms with Gasteiger partial charge in [0.15, 0.2) is 0 Å². The number of halogens is 2. The van der Waals surface area contributed by atoms with Crippen LogP contribution >= 0.6 is 11.6 Å². The zero-order valence-corrected chi connectivity index (χ0v) is 14.2. The molecule has 0 aromatic heterocycles. The molecule has 0 radical (unpaired) electrons. The molecule has 0 N–H and O–H groups in total. The summed E-state index contributed by atoms with van der Waals surface area (Å²) in [6.45, 7) is 5.79. The molecule has 1 aliphatic rings. The van der Waals surface area contributed by atoms with E-state index in [0.717, 1.165) is 48.3 Å². The van der Waals surface area contributed by atoms with Gasteiger partial charge in [-0.3, -0.25) is 4.99 Å². The predicted octanol–water partition coefficient (Wildman–Crippen LogP) is 5.45. The van der Waals surface area contributed by atoms with E-state index in [0.29, 0.717) is 10.7 Å². The molecule has 0 atom stereocenters. The van der Waals surface area contributed by atoms with Gasteiger partial charge in [0.2, 0.25) is 0 Å². The minimum atomic E-state index is -0.179. The van der Waals surface area contributed by atoms with Gasteiger partial charge in [-0.1, -0.05) is 17.7 Å². The van der Waals surface area contributed by atoms with Gasteiger partial charge in [0, 0.05) is 24.3 Å². The Bertz CT molecular complexity index is 749. The van der Waals surface area contributed by atoms with Crippen LogP contribution in [-0.2, 0) is 0 Å². The fourth-order valence-electron chi connectivity index (χ4n) is 2.90. The Morgan fingerprint density at radius 1 is 1.17 bits per heavy atom. The second-order valence-electron chi connectivity index (χ2n) is 6.00. The lowest BCUT2D eigenvalue weighted by molar-refractivity contribution is 0.622. The SMILES string of the molecule is Cc1cc(N2CCCC2)c(F)cc1C=Nc1cccc(Cl)c1C. The normalized spacial score (nSPS) is 14.9. The summed E-state index contributed by atoms with van der Waals surface area (Å²) < 4.78 is 14.4. The molecule has 2 aromatic rings. The van der Waals surface area contributed by atoms with Crippen molar-refractivity contribution < 1.29 is 4.39 Å². The van der Waals surface area contributed by atoms with E-state index < -0.39 is 0 Å². The molecular formula is C19H20ClFN2. The van der Waals surface area contributed by atoms with Gasteiger partial charge in [-0.05, 0) is 67.6 Å². The van der Waals surface area contributed by atoms with E-state index in [4.69, 9.17) is 11.6 Å². The molecule has 1 fully saturated rings. The molecule has 2 nitrogen and oxygen atoms in total. The molecule has 2 aromatic carbocycles. The summed E-state index contributed by atoms with van der Waals surface area (Å²) in [5, 5.41) is 0.687. The number of hydrogen-bond donors (Lipinski definition) is 0. The third kappa shape index (κ3) is 3.40. The first kappa shape index (κ1) is 16.0. The van der Waals surface area contributed by atoms with Crippen molar-refractivity contribution in [2.45, 2.75) is 26.7 Å². The Labute approximate surface area is 141 Å². The van der Waals surface area contributed by atoms with Crippen molar-refractivity contribution in [1.82, 2.24) is 0 Å². The molecule has 0 spiro atoms. The Morgan fingerprint density at radius 2 is 1.91 bits per heavy atom. The summed E-state index contributed by atoms with van der Waals surface area (Å²) in [5.74, 6) is -0.179. The number of aryl methyl sites for hydroxylation is 1. The topological polar surface area (TPSA) is 15.6 Å². The van der Waals surface area contributed by atoms with Gasteiger partial charge in [-0.2, -0.15) is 0 Å². The number of anilines is 1. The van der Waals surface area contributed by atoms with Crippen molar-refractivity contribution >= 4 is 29.2 Å². The first-order valence-corrected chi connectivity index (χ1v) is 8.28. The van der Waals surface area contributed by atoms with Crippen LogP contribution in [-0.4, -0.2) is 19.3 Å². The van der Waals surface area contributed by atoms with E-state index in [1.807, 2.05) is 38.1 Å². The van der Waals surface area contributed by atoms with Gasteiger partial charge in [-0.25, -0.2) is 4.39 Å². The standard InChI is InChI=1S/C19H20ClFN2/c1-13-10-19(23-8-3-4-9-23)17(21)11-15(13)12-22-18-7-5-6-16(20)14(18)2/h5-7,10-12H,3-4,8-9H2,1-2H3. The van der Waals surface area contributed by atoms with Gasteiger partial charge in [0.05, 0.1) is 11.4 Å². The van der Waals surface area contributed by atoms with Crippen LogP contribution in [0.3, 0.4) is 0 Å². The lowest BCUT2D eigenvalue weighted by Crippen LogP contribution is -2.19. The molecule has 1 saturated heterocycles. The molecule has 1 aliphatic heterocycles. The predicted molar refractivity (Wildman–Crippen MR) is 96.0 cm³/mol. The molecule has 0 saturated carbocycles. The Balaban J connectivity index is 1.90. The smallest absolute Gasteiger partial charge is 0.147 e. The molecule has 1 heterocycles. The Morgan fingerprint density at radius 3 is 2.65 bits per heavy atom. The second-order valence-corrected chi connectivity index (χ2v) is 6.40. The zero-order chi connectivity index (χ0) is 16.4.